The number of aromatic hydroxyl groups is 4. The van der Waals surface area contributed by atoms with Gasteiger partial charge in [0.1, 0.15) is 23.0 Å². The van der Waals surface area contributed by atoms with Crippen molar-refractivity contribution in [2.75, 3.05) is 0 Å². The second-order valence-electron chi connectivity index (χ2n) is 6.47. The van der Waals surface area contributed by atoms with E-state index in [0.717, 1.165) is 12.1 Å². The molecule has 0 atom stereocenters. The van der Waals surface area contributed by atoms with Crippen LogP contribution in [-0.2, 0) is 0 Å². The third-order valence-electron chi connectivity index (χ3n) is 4.15. The van der Waals surface area contributed by atoms with E-state index in [9.17, 15) is 30.0 Å². The number of nitrogens with zero attached hydrogens (tertiary/aromatic N) is 2. The second-order valence-corrected chi connectivity index (χ2v) is 6.47. The molecule has 0 saturated carbocycles. The third kappa shape index (κ3) is 5.60. The average molecular weight is 434 g/mol. The minimum absolute atomic E-state index is 0.0332. The van der Waals surface area contributed by atoms with Crippen LogP contribution >= 0.6 is 0 Å². The monoisotopic (exact) mass is 434 g/mol. The van der Waals surface area contributed by atoms with Crippen molar-refractivity contribution in [3.8, 4) is 23.0 Å². The molecule has 10 heteroatoms. The Hall–Kier alpha value is -4.86. The molecule has 0 fully saturated rings. The number of phenolic OH excluding ortho intramolecular Hbond substituents is 4. The smallest absolute Gasteiger partial charge is 0.275 e. The summed E-state index contributed by atoms with van der Waals surface area (Å²) >= 11 is 0. The van der Waals surface area contributed by atoms with Gasteiger partial charge in [-0.2, -0.15) is 10.2 Å². The first kappa shape index (κ1) is 21.8. The minimum Gasteiger partial charge on any atom is -0.508 e. The fourth-order valence-corrected chi connectivity index (χ4v) is 2.54. The molecule has 3 aromatic rings. The molecule has 6 N–H and O–H groups in total. The Labute approximate surface area is 181 Å². The van der Waals surface area contributed by atoms with Crippen LogP contribution in [0.2, 0.25) is 0 Å². The molecule has 0 aliphatic heterocycles. The molecular weight excluding hydrogens is 416 g/mol. The fraction of sp³-hybridized carbons (Fsp3) is 0. The molecule has 3 aromatic carbocycles. The van der Waals surface area contributed by atoms with Crippen molar-refractivity contribution in [1.29, 1.82) is 0 Å². The predicted molar refractivity (Wildman–Crippen MR) is 116 cm³/mol. The summed E-state index contributed by atoms with van der Waals surface area (Å²) in [6, 6.07) is 14.0. The van der Waals surface area contributed by atoms with Crippen LogP contribution < -0.4 is 10.9 Å². The largest absolute Gasteiger partial charge is 0.508 e. The Balaban J connectivity index is 1.54. The van der Waals surface area contributed by atoms with Crippen LogP contribution in [0.3, 0.4) is 0 Å². The van der Waals surface area contributed by atoms with E-state index >= 15 is 0 Å². The molecule has 162 valence electrons. The molecule has 0 aromatic heterocycles. The summed E-state index contributed by atoms with van der Waals surface area (Å²) < 4.78 is 0. The fourth-order valence-electron chi connectivity index (χ4n) is 2.54. The lowest BCUT2D eigenvalue weighted by atomic mass is 10.1. The van der Waals surface area contributed by atoms with Crippen LogP contribution in [0.5, 0.6) is 23.0 Å². The van der Waals surface area contributed by atoms with Gasteiger partial charge in [-0.3, -0.25) is 9.59 Å². The molecule has 0 bridgehead atoms. The van der Waals surface area contributed by atoms with Crippen molar-refractivity contribution in [3.05, 3.63) is 82.9 Å². The van der Waals surface area contributed by atoms with Gasteiger partial charge in [0.05, 0.1) is 23.6 Å². The van der Waals surface area contributed by atoms with E-state index in [-0.39, 0.29) is 34.1 Å². The van der Waals surface area contributed by atoms with Gasteiger partial charge in [-0.05, 0) is 35.4 Å². The molecule has 0 radical (unpaired) electrons. The number of rotatable bonds is 6. The van der Waals surface area contributed by atoms with E-state index in [0.29, 0.717) is 11.1 Å². The number of hydrogen-bond donors (Lipinski definition) is 6. The van der Waals surface area contributed by atoms with Crippen LogP contribution in [-0.4, -0.2) is 44.7 Å². The quantitative estimate of drug-likeness (QED) is 0.257. The zero-order chi connectivity index (χ0) is 23.1. The zero-order valence-corrected chi connectivity index (χ0v) is 16.4. The lowest BCUT2D eigenvalue weighted by Gasteiger charge is -2.03. The lowest BCUT2D eigenvalue weighted by Crippen LogP contribution is -2.17. The van der Waals surface area contributed by atoms with E-state index in [1.54, 1.807) is 24.3 Å². The van der Waals surface area contributed by atoms with E-state index in [2.05, 4.69) is 21.1 Å². The molecule has 0 spiro atoms. The lowest BCUT2D eigenvalue weighted by molar-refractivity contribution is 0.0944. The summed E-state index contributed by atoms with van der Waals surface area (Å²) in [7, 11) is 0. The van der Waals surface area contributed by atoms with Crippen LogP contribution in [0.25, 0.3) is 0 Å². The van der Waals surface area contributed by atoms with Crippen LogP contribution in [0, 0.1) is 0 Å². The summed E-state index contributed by atoms with van der Waals surface area (Å²) in [6.07, 6.45) is 2.79. The number of phenols is 4. The summed E-state index contributed by atoms with van der Waals surface area (Å²) in [6.45, 7) is 0. The number of nitrogens with one attached hydrogen (secondary N) is 2. The number of benzene rings is 3. The SMILES string of the molecule is O=C(NN=Cc1ccc(/C=N\NC(=O)c2ccc(O)cc2O)cc1)c1ccc(O)cc1O. The number of carbonyl (C=O) groups excluding carboxylic acids is 2. The summed E-state index contributed by atoms with van der Waals surface area (Å²) in [5, 5.41) is 45.5. The van der Waals surface area contributed by atoms with Gasteiger partial charge >= 0.3 is 0 Å². The Kier molecular flexibility index (Phi) is 6.66. The Morgan fingerprint density at radius 3 is 1.34 bits per heavy atom. The highest BCUT2D eigenvalue weighted by molar-refractivity contribution is 5.98. The van der Waals surface area contributed by atoms with Gasteiger partial charge in [-0.15, -0.1) is 0 Å². The molecule has 0 unspecified atom stereocenters. The first-order valence-corrected chi connectivity index (χ1v) is 9.14. The van der Waals surface area contributed by atoms with Gasteiger partial charge in [0.2, 0.25) is 0 Å². The maximum Gasteiger partial charge on any atom is 0.275 e. The highest BCUT2D eigenvalue weighted by atomic mass is 16.3. The number of carbonyl (C=O) groups is 2. The molecule has 0 saturated heterocycles. The topological polar surface area (TPSA) is 164 Å². The van der Waals surface area contributed by atoms with Gasteiger partial charge < -0.3 is 20.4 Å². The molecule has 3 rings (SSSR count). The third-order valence-corrected chi connectivity index (χ3v) is 4.15. The number of amides is 2. The Morgan fingerprint density at radius 2 is 1.00 bits per heavy atom. The molecule has 0 aliphatic rings. The summed E-state index contributed by atoms with van der Waals surface area (Å²) in [5.41, 5.74) is 5.80. The highest BCUT2D eigenvalue weighted by Gasteiger charge is 2.11. The van der Waals surface area contributed by atoms with Crippen molar-refractivity contribution >= 4 is 24.2 Å². The highest BCUT2D eigenvalue weighted by Crippen LogP contribution is 2.23. The standard InChI is InChI=1S/C22H18N4O6/c27-15-5-7-17(19(29)9-15)21(31)25-23-11-13-1-2-14(4-3-13)12-24-26-22(32)18-8-6-16(28)10-20(18)30/h1-12,27-30H,(H,25,31)(H,26,32)/b23-11-,24-12?. The van der Waals surface area contributed by atoms with Crippen molar-refractivity contribution in [2.45, 2.75) is 0 Å². The first-order valence-electron chi connectivity index (χ1n) is 9.14. The molecule has 0 aliphatic carbocycles. The minimum atomic E-state index is -0.641. The maximum absolute atomic E-state index is 12.0. The zero-order valence-electron chi connectivity index (χ0n) is 16.4. The van der Waals surface area contributed by atoms with Crippen molar-refractivity contribution in [2.24, 2.45) is 10.2 Å². The van der Waals surface area contributed by atoms with Crippen molar-refractivity contribution in [3.63, 3.8) is 0 Å². The summed E-state index contributed by atoms with van der Waals surface area (Å²) in [4.78, 5) is 24.0. The number of hydrazone groups is 2. The first-order chi connectivity index (χ1) is 15.3. The predicted octanol–water partition coefficient (Wildman–Crippen LogP) is 2.04. The van der Waals surface area contributed by atoms with Crippen LogP contribution in [0.15, 0.2) is 70.9 Å². The van der Waals surface area contributed by atoms with Gasteiger partial charge in [0.25, 0.3) is 11.8 Å². The van der Waals surface area contributed by atoms with Crippen molar-refractivity contribution in [1.82, 2.24) is 10.9 Å². The Morgan fingerprint density at radius 1 is 0.625 bits per heavy atom. The molecular formula is C22H18N4O6. The van der Waals surface area contributed by atoms with Gasteiger partial charge in [-0.25, -0.2) is 10.9 Å². The van der Waals surface area contributed by atoms with Crippen LogP contribution in [0.1, 0.15) is 31.8 Å². The van der Waals surface area contributed by atoms with Crippen LogP contribution in [0.4, 0.5) is 0 Å². The van der Waals surface area contributed by atoms with Gasteiger partial charge in [0, 0.05) is 12.1 Å². The summed E-state index contributed by atoms with van der Waals surface area (Å²) in [5.74, 6) is -2.34. The Bertz CT molecular complexity index is 1110. The number of hydrogen-bond acceptors (Lipinski definition) is 8. The van der Waals surface area contributed by atoms with Crippen molar-refractivity contribution < 1.29 is 30.0 Å². The molecule has 2 amide bonds. The average Bonchev–Trinajstić information content (AvgIpc) is 2.74. The van der Waals surface area contributed by atoms with E-state index in [1.165, 1.54) is 36.7 Å². The normalized spacial score (nSPS) is 11.0. The van der Waals surface area contributed by atoms with E-state index in [4.69, 9.17) is 0 Å². The van der Waals surface area contributed by atoms with E-state index < -0.39 is 11.8 Å². The van der Waals surface area contributed by atoms with Gasteiger partial charge in [-0.1, -0.05) is 24.3 Å². The van der Waals surface area contributed by atoms with Gasteiger partial charge in [0.15, 0.2) is 0 Å². The second kappa shape index (κ2) is 9.76. The molecule has 32 heavy (non-hydrogen) atoms. The molecule has 10 nitrogen and oxygen atoms in total. The maximum atomic E-state index is 12.0. The molecule has 0 heterocycles. The van der Waals surface area contributed by atoms with E-state index in [1.807, 2.05) is 0 Å².